The molecule has 0 radical (unpaired) electrons. The number of fused-ring (bicyclic) bond motifs is 3. The molecule has 6 aromatic heterocycles. The molecular formula is C77H104Cl2N14O12S2. The van der Waals surface area contributed by atoms with Gasteiger partial charge in [-0.05, 0) is 158 Å². The number of H-pyrrole nitrogens is 3. The molecule has 0 fully saturated rings. The van der Waals surface area contributed by atoms with Crippen LogP contribution in [-0.2, 0) is 70.3 Å². The summed E-state index contributed by atoms with van der Waals surface area (Å²) in [5.74, 6) is 4.26. The van der Waals surface area contributed by atoms with E-state index in [0.717, 1.165) is 60.7 Å². The number of carbonyl (C=O) groups is 3. The number of benzene rings is 4. The van der Waals surface area contributed by atoms with Gasteiger partial charge in [-0.1, -0.05) is 147 Å². The molecule has 6 atom stereocenters. The van der Waals surface area contributed by atoms with Crippen LogP contribution in [0, 0.1) is 32.1 Å². The standard InChI is InChI=1S/C36H49N5O5.C34H46ClN5O5S.C7H9ClN4O2S/c1-9-36(7,34(43)44-8)22-10-12-25(3)33(42)37-26-16-20-27(21-17-26)45-23-11-13-29-38-32-30(46-28-18-14-24(2)15-19-28)31(35(4,5)6)40-41(32)39-29;1-4-5-6-7-8-9-10-11-12-13-14-30(34(42)36-24(2)23-31-37-33-32(35)25(3)38-40(33)39-31)44-27-17-19-28(20-18-27)45-46(43)29-21-15-26(41)16-22-29;1-4-6(8)7-9-5(3-14-15(2)13)11-12(7)10-4/h14-21,25,40H,9-13,22-23H2,1-8H3,(H,37,42);15-22,24,30,38,41H,4-14,23H2,1-3H3,(H,36,42);10H,3H2,1-2H3. The number of nitrogens with zero attached hydrogens (tertiary/aromatic N) is 9. The van der Waals surface area contributed by atoms with Crippen molar-refractivity contribution in [1.82, 2.24) is 64.8 Å². The van der Waals surface area contributed by atoms with E-state index in [-0.39, 0.29) is 47.5 Å². The second-order valence-corrected chi connectivity index (χ2v) is 31.1. The quantitative estimate of drug-likeness (QED) is 0.0155. The number of methoxy groups -OCH3 is 1. The molecule has 30 heteroatoms. The number of nitrogens with one attached hydrogen (secondary N) is 5. The first kappa shape index (κ1) is 83.8. The van der Waals surface area contributed by atoms with Crippen molar-refractivity contribution in [3.63, 3.8) is 0 Å². The number of aromatic amines is 3. The lowest BCUT2D eigenvalue weighted by Crippen LogP contribution is -2.43. The topological polar surface area (TPSA) is 323 Å². The number of carbonyl (C=O) groups excluding carboxylic acids is 3. The summed E-state index contributed by atoms with van der Waals surface area (Å²) < 4.78 is 61.8. The molecule has 6 N–H and O–H groups in total. The van der Waals surface area contributed by atoms with E-state index in [1.807, 2.05) is 97.0 Å². The maximum atomic E-state index is 13.5. The molecule has 10 aromatic rings. The number of esters is 1. The number of aryl methyl sites for hydroxylation is 4. The normalized spacial score (nSPS) is 13.5. The Bertz CT molecular complexity index is 4510. The number of phenols is 1. The molecule has 0 aliphatic rings. The Morgan fingerprint density at radius 1 is 0.636 bits per heavy atom. The number of aromatic hydroxyl groups is 1. The van der Waals surface area contributed by atoms with Gasteiger partial charge in [-0.3, -0.25) is 33.9 Å². The number of halogens is 2. The van der Waals surface area contributed by atoms with Gasteiger partial charge < -0.3 is 38.9 Å². The number of hydrogen-bond donors (Lipinski definition) is 6. The lowest BCUT2D eigenvalue weighted by Gasteiger charge is -2.25. The average molecular weight is 1550 g/mol. The Balaban J connectivity index is 0.000000226. The number of ether oxygens (including phenoxy) is 4. The first-order chi connectivity index (χ1) is 51.1. The summed E-state index contributed by atoms with van der Waals surface area (Å²) in [5.41, 5.74) is 5.49. The van der Waals surface area contributed by atoms with Crippen molar-refractivity contribution < 1.29 is 55.2 Å². The summed E-state index contributed by atoms with van der Waals surface area (Å²) in [4.78, 5) is 52.2. The van der Waals surface area contributed by atoms with Crippen molar-refractivity contribution in [3.8, 4) is 34.5 Å². The molecule has 0 saturated carbocycles. The van der Waals surface area contributed by atoms with E-state index >= 15 is 0 Å². The van der Waals surface area contributed by atoms with E-state index in [1.54, 1.807) is 45.7 Å². The Kier molecular flexibility index (Phi) is 31.6. The fourth-order valence-corrected chi connectivity index (χ4v) is 12.9. The fourth-order valence-electron chi connectivity index (χ4n) is 11.5. The number of rotatable bonds is 38. The van der Waals surface area contributed by atoms with Gasteiger partial charge in [0.15, 0.2) is 51.7 Å². The van der Waals surface area contributed by atoms with Crippen molar-refractivity contribution in [2.24, 2.45) is 11.3 Å². The molecule has 0 aliphatic heterocycles. The molecular weight excluding hydrogens is 1450 g/mol. The van der Waals surface area contributed by atoms with Gasteiger partial charge >= 0.3 is 5.97 Å². The van der Waals surface area contributed by atoms with Gasteiger partial charge in [-0.2, -0.15) is 9.26 Å². The largest absolute Gasteiger partial charge is 0.508 e. The van der Waals surface area contributed by atoms with Crippen molar-refractivity contribution in [1.29, 1.82) is 0 Å². The zero-order chi connectivity index (χ0) is 77.4. The third-order valence-electron chi connectivity index (χ3n) is 18.0. The van der Waals surface area contributed by atoms with Gasteiger partial charge in [-0.25, -0.2) is 23.4 Å². The first-order valence-corrected chi connectivity index (χ1v) is 39.9. The Morgan fingerprint density at radius 2 is 1.19 bits per heavy atom. The van der Waals surface area contributed by atoms with Crippen LogP contribution in [0.2, 0.25) is 10.0 Å². The lowest BCUT2D eigenvalue weighted by atomic mass is 9.81. The first-order valence-electron chi connectivity index (χ1n) is 36.6. The Morgan fingerprint density at radius 3 is 1.78 bits per heavy atom. The summed E-state index contributed by atoms with van der Waals surface area (Å²) in [5, 5.41) is 39.1. The smallest absolute Gasteiger partial charge is 0.311 e. The minimum atomic E-state index is -1.74. The average Bonchev–Trinajstić information content (AvgIpc) is 1.62. The highest BCUT2D eigenvalue weighted by Gasteiger charge is 2.33. The van der Waals surface area contributed by atoms with Gasteiger partial charge in [-0.15, -0.1) is 19.9 Å². The zero-order valence-electron chi connectivity index (χ0n) is 63.6. The summed E-state index contributed by atoms with van der Waals surface area (Å²) in [6.45, 7) is 22.7. The monoisotopic (exact) mass is 1550 g/mol. The van der Waals surface area contributed by atoms with E-state index in [9.17, 15) is 27.9 Å². The number of amides is 2. The van der Waals surface area contributed by atoms with E-state index in [4.69, 9.17) is 55.5 Å². The van der Waals surface area contributed by atoms with Crippen LogP contribution >= 0.6 is 23.2 Å². The minimum Gasteiger partial charge on any atom is -0.508 e. The number of phenolic OH excluding ortho intramolecular Hbond substituents is 1. The summed E-state index contributed by atoms with van der Waals surface area (Å²) in [7, 11) is 1.42. The molecule has 4 aromatic carbocycles. The highest BCUT2D eigenvalue weighted by Crippen LogP contribution is 2.37. The van der Waals surface area contributed by atoms with E-state index < -0.39 is 33.7 Å². The van der Waals surface area contributed by atoms with Crippen LogP contribution in [-0.4, -0.2) is 123 Å². The van der Waals surface area contributed by atoms with Crippen LogP contribution in [0.15, 0.2) is 102 Å². The third-order valence-corrected chi connectivity index (χ3v) is 20.4. The number of hydrogen-bond acceptors (Lipinski definition) is 18. The molecule has 26 nitrogen and oxygen atoms in total. The maximum Gasteiger partial charge on any atom is 0.311 e. The van der Waals surface area contributed by atoms with Gasteiger partial charge in [0, 0.05) is 42.2 Å². The van der Waals surface area contributed by atoms with Crippen molar-refractivity contribution in [2.75, 3.05) is 25.3 Å². The molecule has 0 spiro atoms. The maximum absolute atomic E-state index is 13.5. The second-order valence-electron chi connectivity index (χ2n) is 28.2. The summed E-state index contributed by atoms with van der Waals surface area (Å²) >= 11 is 9.20. The predicted molar refractivity (Wildman–Crippen MR) is 416 cm³/mol. The van der Waals surface area contributed by atoms with Crippen molar-refractivity contribution in [2.45, 2.75) is 221 Å². The van der Waals surface area contributed by atoms with Crippen LogP contribution < -0.4 is 29.0 Å². The van der Waals surface area contributed by atoms with Crippen LogP contribution in [0.4, 0.5) is 5.69 Å². The number of aromatic nitrogens is 12. The number of anilines is 1. The molecule has 107 heavy (non-hydrogen) atoms. The Labute approximate surface area is 641 Å². The van der Waals surface area contributed by atoms with E-state index in [0.29, 0.717) is 117 Å². The molecule has 6 heterocycles. The molecule has 0 aliphatic carbocycles. The fraction of sp³-hybridized carbons (Fsp3) is 0.494. The van der Waals surface area contributed by atoms with Gasteiger partial charge in [0.1, 0.15) is 45.4 Å². The minimum absolute atomic E-state index is 0.0456. The SMILES string of the molecule is CCC(C)(CCCC(C)C(=O)Nc1ccc(OCCCc2nc3c(Oc4ccc(C)cc4)c(C(C)(C)C)[nH]n3n2)cc1)C(=O)OC.CCCCCCCCCCCCC(Oc1ccc(OS(=O)c2ccc(O)cc2)cc1)C(=O)NC(C)Cc1nc2c(Cl)c(C)[nH]n2n1.Cc1[nH]n2nc(COS(C)=O)nc2c1Cl. The molecule has 0 bridgehead atoms. The Hall–Kier alpha value is -8.83. The van der Waals surface area contributed by atoms with Gasteiger partial charge in [0.2, 0.25) is 22.6 Å². The van der Waals surface area contributed by atoms with Crippen LogP contribution in [0.1, 0.15) is 198 Å². The third kappa shape index (κ3) is 25.1. The highest BCUT2D eigenvalue weighted by molar-refractivity contribution is 7.80. The molecule has 580 valence electrons. The van der Waals surface area contributed by atoms with Gasteiger partial charge in [0.25, 0.3) is 5.91 Å². The molecule has 2 amide bonds. The lowest BCUT2D eigenvalue weighted by molar-refractivity contribution is -0.152. The molecule has 0 saturated heterocycles. The number of unbranched alkanes of at least 4 members (excludes halogenated alkanes) is 9. The van der Waals surface area contributed by atoms with Crippen LogP contribution in [0.25, 0.3) is 16.9 Å². The predicted octanol–water partition coefficient (Wildman–Crippen LogP) is 16.3. The van der Waals surface area contributed by atoms with E-state index in [1.165, 1.54) is 80.6 Å². The van der Waals surface area contributed by atoms with Gasteiger partial charge in [0.05, 0.1) is 41.1 Å². The van der Waals surface area contributed by atoms with Crippen LogP contribution in [0.3, 0.4) is 0 Å². The van der Waals surface area contributed by atoms with Crippen molar-refractivity contribution in [3.05, 3.63) is 147 Å². The highest BCUT2D eigenvalue weighted by atomic mass is 35.5. The van der Waals surface area contributed by atoms with E-state index in [2.05, 4.69) is 78.9 Å². The second kappa shape index (κ2) is 40.4. The molecule has 10 rings (SSSR count). The summed E-state index contributed by atoms with van der Waals surface area (Å²) in [6, 6.07) is 27.8. The molecule has 6 unspecified atom stereocenters. The van der Waals surface area contributed by atoms with Crippen molar-refractivity contribution >= 4 is 85.8 Å². The zero-order valence-corrected chi connectivity index (χ0v) is 66.8. The summed E-state index contributed by atoms with van der Waals surface area (Å²) in [6.07, 6.45) is 18.1. The van der Waals surface area contributed by atoms with Crippen LogP contribution in [0.5, 0.6) is 34.5 Å².